The van der Waals surface area contributed by atoms with E-state index in [1.54, 1.807) is 0 Å². The summed E-state index contributed by atoms with van der Waals surface area (Å²) in [4.78, 5) is 16.8. The molecular weight excluding hydrogens is 284 g/mol. The molecule has 0 saturated carbocycles. The van der Waals surface area contributed by atoms with Crippen molar-refractivity contribution in [3.63, 3.8) is 0 Å². The third-order valence-corrected chi connectivity index (χ3v) is 4.32. The molecule has 0 saturated heterocycles. The molecule has 3 rings (SSSR count). The Bertz CT molecular complexity index is 809. The van der Waals surface area contributed by atoms with Crippen LogP contribution in [0.2, 0.25) is 0 Å². The molecule has 1 aromatic carbocycles. The number of quaternary nitrogens is 1. The zero-order valence-electron chi connectivity index (χ0n) is 12.0. The van der Waals surface area contributed by atoms with Gasteiger partial charge in [0.25, 0.3) is 5.56 Å². The highest BCUT2D eigenvalue weighted by atomic mass is 32.1. The van der Waals surface area contributed by atoms with Crippen LogP contribution in [0.1, 0.15) is 29.2 Å². The fourth-order valence-corrected chi connectivity index (χ4v) is 3.13. The number of aromatic nitrogens is 3. The third kappa shape index (κ3) is 3.01. The van der Waals surface area contributed by atoms with Crippen molar-refractivity contribution in [1.82, 2.24) is 14.6 Å². The first kappa shape index (κ1) is 13.9. The van der Waals surface area contributed by atoms with Crippen LogP contribution in [-0.4, -0.2) is 14.6 Å². The summed E-state index contributed by atoms with van der Waals surface area (Å²) >= 11 is 1.47. The SMILES string of the molecule is Cc1cc(=O)n2nc(C[NH2+][C@@H](C)c3ccccc3)sc2n1. The van der Waals surface area contributed by atoms with Crippen LogP contribution < -0.4 is 10.9 Å². The maximum atomic E-state index is 11.8. The minimum absolute atomic E-state index is 0.115. The molecule has 0 aliphatic heterocycles. The van der Waals surface area contributed by atoms with Crippen molar-refractivity contribution in [1.29, 1.82) is 0 Å². The first-order valence-electron chi connectivity index (χ1n) is 6.88. The zero-order chi connectivity index (χ0) is 14.8. The van der Waals surface area contributed by atoms with Gasteiger partial charge in [-0.15, -0.1) is 0 Å². The summed E-state index contributed by atoms with van der Waals surface area (Å²) in [5, 5.41) is 7.47. The lowest BCUT2D eigenvalue weighted by Crippen LogP contribution is -2.83. The standard InChI is InChI=1S/C15H16N4OS/c1-10-8-14(20)19-15(17-10)21-13(18-19)9-16-11(2)12-6-4-3-5-7-12/h3-8,11,16H,9H2,1-2H3/p+1/t11-/m0/s1. The van der Waals surface area contributed by atoms with Gasteiger partial charge in [0, 0.05) is 17.3 Å². The maximum Gasteiger partial charge on any atom is 0.275 e. The summed E-state index contributed by atoms with van der Waals surface area (Å²) in [6, 6.07) is 12.2. The fourth-order valence-electron chi connectivity index (χ4n) is 2.21. The van der Waals surface area contributed by atoms with Gasteiger partial charge < -0.3 is 5.32 Å². The van der Waals surface area contributed by atoms with Gasteiger partial charge >= 0.3 is 0 Å². The Balaban J connectivity index is 1.77. The molecule has 2 N–H and O–H groups in total. The molecule has 5 nitrogen and oxygen atoms in total. The Morgan fingerprint density at radius 3 is 2.86 bits per heavy atom. The highest BCUT2D eigenvalue weighted by molar-refractivity contribution is 7.16. The van der Waals surface area contributed by atoms with Crippen molar-refractivity contribution in [2.24, 2.45) is 0 Å². The van der Waals surface area contributed by atoms with Gasteiger partial charge in [0.15, 0.2) is 5.01 Å². The first-order chi connectivity index (χ1) is 10.1. The second-order valence-electron chi connectivity index (χ2n) is 5.07. The number of hydrogen-bond donors (Lipinski definition) is 1. The van der Waals surface area contributed by atoms with Crippen LogP contribution in [0.4, 0.5) is 0 Å². The molecule has 1 atom stereocenters. The molecule has 2 aromatic heterocycles. The minimum atomic E-state index is -0.115. The van der Waals surface area contributed by atoms with Crippen LogP contribution in [0.25, 0.3) is 4.96 Å². The van der Waals surface area contributed by atoms with E-state index in [0.29, 0.717) is 11.0 Å². The van der Waals surface area contributed by atoms with Gasteiger partial charge in [0.1, 0.15) is 12.6 Å². The second kappa shape index (κ2) is 5.75. The van der Waals surface area contributed by atoms with Crippen molar-refractivity contribution in [3.05, 3.63) is 63.0 Å². The molecule has 0 fully saturated rings. The molecule has 0 bridgehead atoms. The fraction of sp³-hybridized carbons (Fsp3) is 0.267. The molecule has 0 unspecified atom stereocenters. The summed E-state index contributed by atoms with van der Waals surface area (Å²) in [5.41, 5.74) is 1.90. The van der Waals surface area contributed by atoms with Gasteiger partial charge in [-0.2, -0.15) is 9.61 Å². The lowest BCUT2D eigenvalue weighted by atomic mass is 10.1. The largest absolute Gasteiger partial charge is 0.335 e. The van der Waals surface area contributed by atoms with E-state index in [1.807, 2.05) is 25.1 Å². The summed E-state index contributed by atoms with van der Waals surface area (Å²) in [6.45, 7) is 4.73. The summed E-state index contributed by atoms with van der Waals surface area (Å²) in [5.74, 6) is 0. The van der Waals surface area contributed by atoms with E-state index in [-0.39, 0.29) is 5.56 Å². The predicted octanol–water partition coefficient (Wildman–Crippen LogP) is 1.28. The number of hydrogen-bond acceptors (Lipinski definition) is 4. The third-order valence-electron chi connectivity index (χ3n) is 3.39. The zero-order valence-corrected chi connectivity index (χ0v) is 12.8. The molecule has 108 valence electrons. The van der Waals surface area contributed by atoms with Crippen LogP contribution in [0, 0.1) is 6.92 Å². The predicted molar refractivity (Wildman–Crippen MR) is 82.4 cm³/mol. The van der Waals surface area contributed by atoms with Gasteiger partial charge in [-0.1, -0.05) is 41.7 Å². The van der Waals surface area contributed by atoms with E-state index in [2.05, 4.69) is 34.5 Å². The molecule has 0 spiro atoms. The average molecular weight is 301 g/mol. The van der Waals surface area contributed by atoms with Gasteiger partial charge in [0.05, 0.1) is 0 Å². The minimum Gasteiger partial charge on any atom is -0.335 e. The first-order valence-corrected chi connectivity index (χ1v) is 7.70. The topological polar surface area (TPSA) is 63.9 Å². The maximum absolute atomic E-state index is 11.8. The molecule has 0 radical (unpaired) electrons. The van der Waals surface area contributed by atoms with Crippen LogP contribution in [0.3, 0.4) is 0 Å². The van der Waals surface area contributed by atoms with Crippen LogP contribution >= 0.6 is 11.3 Å². The number of fused-ring (bicyclic) bond motifs is 1. The van der Waals surface area contributed by atoms with E-state index in [4.69, 9.17) is 0 Å². The van der Waals surface area contributed by atoms with Crippen molar-refractivity contribution >= 4 is 16.3 Å². The number of rotatable bonds is 4. The van der Waals surface area contributed by atoms with E-state index in [0.717, 1.165) is 17.2 Å². The van der Waals surface area contributed by atoms with E-state index >= 15 is 0 Å². The molecular formula is C15H17N4OS+. The highest BCUT2D eigenvalue weighted by Crippen LogP contribution is 2.11. The number of nitrogens with zero attached hydrogens (tertiary/aromatic N) is 3. The average Bonchev–Trinajstić information content (AvgIpc) is 2.89. The van der Waals surface area contributed by atoms with Crippen LogP contribution in [-0.2, 0) is 6.54 Å². The summed E-state index contributed by atoms with van der Waals surface area (Å²) in [6.07, 6.45) is 0. The number of aryl methyl sites for hydroxylation is 1. The summed E-state index contributed by atoms with van der Waals surface area (Å²) in [7, 11) is 0. The quantitative estimate of drug-likeness (QED) is 0.789. The monoisotopic (exact) mass is 301 g/mol. The Morgan fingerprint density at radius 2 is 2.10 bits per heavy atom. The van der Waals surface area contributed by atoms with Crippen LogP contribution in [0.15, 0.2) is 41.2 Å². The van der Waals surface area contributed by atoms with Gasteiger partial charge in [-0.3, -0.25) is 4.79 Å². The lowest BCUT2D eigenvalue weighted by molar-refractivity contribution is -0.707. The summed E-state index contributed by atoms with van der Waals surface area (Å²) < 4.78 is 1.38. The van der Waals surface area contributed by atoms with Gasteiger partial charge in [-0.25, -0.2) is 4.98 Å². The van der Waals surface area contributed by atoms with E-state index in [9.17, 15) is 4.79 Å². The Kier molecular flexibility index (Phi) is 3.81. The van der Waals surface area contributed by atoms with Crippen molar-refractivity contribution < 1.29 is 5.32 Å². The second-order valence-corrected chi connectivity index (χ2v) is 6.11. The molecule has 0 aliphatic rings. The van der Waals surface area contributed by atoms with Gasteiger partial charge in [-0.05, 0) is 13.8 Å². The molecule has 0 aliphatic carbocycles. The van der Waals surface area contributed by atoms with Gasteiger partial charge in [0.2, 0.25) is 4.96 Å². The van der Waals surface area contributed by atoms with E-state index in [1.165, 1.54) is 27.5 Å². The highest BCUT2D eigenvalue weighted by Gasteiger charge is 2.12. The normalized spacial score (nSPS) is 12.7. The molecule has 3 aromatic rings. The molecule has 2 heterocycles. The number of benzene rings is 1. The van der Waals surface area contributed by atoms with Crippen molar-refractivity contribution in [2.75, 3.05) is 0 Å². The Hall–Kier alpha value is -2.05. The lowest BCUT2D eigenvalue weighted by Gasteiger charge is -2.09. The van der Waals surface area contributed by atoms with Crippen molar-refractivity contribution in [2.45, 2.75) is 26.4 Å². The van der Waals surface area contributed by atoms with E-state index < -0.39 is 0 Å². The molecule has 21 heavy (non-hydrogen) atoms. The molecule has 0 amide bonds. The smallest absolute Gasteiger partial charge is 0.275 e. The van der Waals surface area contributed by atoms with Crippen molar-refractivity contribution in [3.8, 4) is 0 Å². The molecule has 6 heteroatoms. The number of nitrogens with two attached hydrogens (primary N) is 1. The Morgan fingerprint density at radius 1 is 1.33 bits per heavy atom. The Labute approximate surface area is 126 Å². The van der Waals surface area contributed by atoms with Crippen LogP contribution in [0.5, 0.6) is 0 Å².